The SMILES string of the molecule is CCOC(CC1CCCN(C)C1)OCC. The molecule has 0 saturated carbocycles. The molecule has 0 aliphatic carbocycles. The van der Waals surface area contributed by atoms with Gasteiger partial charge in [-0.3, -0.25) is 0 Å². The molecule has 3 heteroatoms. The Bertz CT molecular complexity index is 155. The smallest absolute Gasteiger partial charge is 0.157 e. The largest absolute Gasteiger partial charge is 0.353 e. The predicted octanol–water partition coefficient (Wildman–Crippen LogP) is 2.12. The maximum atomic E-state index is 5.58. The fraction of sp³-hybridized carbons (Fsp3) is 1.00. The fourth-order valence-electron chi connectivity index (χ4n) is 2.29. The highest BCUT2D eigenvalue weighted by molar-refractivity contribution is 4.71. The van der Waals surface area contributed by atoms with Crippen molar-refractivity contribution in [3.8, 4) is 0 Å². The third-order valence-electron chi connectivity index (χ3n) is 2.95. The summed E-state index contributed by atoms with van der Waals surface area (Å²) in [6.45, 7) is 7.97. The van der Waals surface area contributed by atoms with Crippen molar-refractivity contribution in [2.24, 2.45) is 5.92 Å². The van der Waals surface area contributed by atoms with Gasteiger partial charge in [-0.2, -0.15) is 0 Å². The van der Waals surface area contributed by atoms with E-state index in [4.69, 9.17) is 9.47 Å². The topological polar surface area (TPSA) is 21.7 Å². The number of ether oxygens (including phenoxy) is 2. The first-order valence-corrected chi connectivity index (χ1v) is 6.18. The first-order valence-electron chi connectivity index (χ1n) is 6.18. The molecule has 0 N–H and O–H groups in total. The van der Waals surface area contributed by atoms with Crippen LogP contribution in [0.3, 0.4) is 0 Å². The maximum Gasteiger partial charge on any atom is 0.157 e. The molecular weight excluding hydrogens is 190 g/mol. The van der Waals surface area contributed by atoms with Crippen molar-refractivity contribution < 1.29 is 9.47 Å². The Morgan fingerprint density at radius 3 is 2.47 bits per heavy atom. The van der Waals surface area contributed by atoms with Gasteiger partial charge < -0.3 is 14.4 Å². The van der Waals surface area contributed by atoms with Crippen LogP contribution in [0.4, 0.5) is 0 Å². The van der Waals surface area contributed by atoms with E-state index in [-0.39, 0.29) is 6.29 Å². The molecule has 3 nitrogen and oxygen atoms in total. The lowest BCUT2D eigenvalue weighted by molar-refractivity contribution is -0.148. The quantitative estimate of drug-likeness (QED) is 0.633. The molecule has 1 aliphatic heterocycles. The highest BCUT2D eigenvalue weighted by Gasteiger charge is 2.21. The summed E-state index contributed by atoms with van der Waals surface area (Å²) in [7, 11) is 2.20. The van der Waals surface area contributed by atoms with Gasteiger partial charge in [0.2, 0.25) is 0 Å². The second-order valence-corrected chi connectivity index (χ2v) is 4.35. The standard InChI is InChI=1S/C12H25NO2/c1-4-14-12(15-5-2)9-11-7-6-8-13(3)10-11/h11-12H,4-10H2,1-3H3. The molecule has 15 heavy (non-hydrogen) atoms. The molecule has 0 aromatic carbocycles. The van der Waals surface area contributed by atoms with Crippen LogP contribution in [0.25, 0.3) is 0 Å². The molecule has 0 aromatic rings. The van der Waals surface area contributed by atoms with Crippen LogP contribution in [0.5, 0.6) is 0 Å². The van der Waals surface area contributed by atoms with Crippen LogP contribution in [0.1, 0.15) is 33.1 Å². The third kappa shape index (κ3) is 4.96. The van der Waals surface area contributed by atoms with Crippen LogP contribution in [0.15, 0.2) is 0 Å². The number of hydrogen-bond donors (Lipinski definition) is 0. The average molecular weight is 215 g/mol. The van der Waals surface area contributed by atoms with Gasteiger partial charge in [-0.05, 0) is 46.2 Å². The highest BCUT2D eigenvalue weighted by atomic mass is 16.7. The van der Waals surface area contributed by atoms with Crippen molar-refractivity contribution in [2.75, 3.05) is 33.4 Å². The summed E-state index contributed by atoms with van der Waals surface area (Å²) in [5, 5.41) is 0. The number of hydrogen-bond acceptors (Lipinski definition) is 3. The van der Waals surface area contributed by atoms with Crippen LogP contribution in [-0.2, 0) is 9.47 Å². The van der Waals surface area contributed by atoms with Crippen LogP contribution in [0, 0.1) is 5.92 Å². The average Bonchev–Trinajstić information content (AvgIpc) is 2.18. The molecule has 1 heterocycles. The van der Waals surface area contributed by atoms with Crippen molar-refractivity contribution in [1.29, 1.82) is 0 Å². The van der Waals surface area contributed by atoms with E-state index in [9.17, 15) is 0 Å². The molecule has 1 aliphatic rings. The summed E-state index contributed by atoms with van der Waals surface area (Å²) >= 11 is 0. The van der Waals surface area contributed by atoms with Gasteiger partial charge in [0, 0.05) is 26.2 Å². The van der Waals surface area contributed by atoms with Crippen molar-refractivity contribution in [3.05, 3.63) is 0 Å². The molecule has 1 saturated heterocycles. The summed E-state index contributed by atoms with van der Waals surface area (Å²) in [5.41, 5.74) is 0. The van der Waals surface area contributed by atoms with E-state index < -0.39 is 0 Å². The zero-order valence-corrected chi connectivity index (χ0v) is 10.4. The highest BCUT2D eigenvalue weighted by Crippen LogP contribution is 2.21. The Kier molecular flexibility index (Phi) is 6.22. The minimum Gasteiger partial charge on any atom is -0.353 e. The zero-order chi connectivity index (χ0) is 11.1. The van der Waals surface area contributed by atoms with Crippen LogP contribution < -0.4 is 0 Å². The number of nitrogens with zero attached hydrogens (tertiary/aromatic N) is 1. The monoisotopic (exact) mass is 215 g/mol. The Morgan fingerprint density at radius 2 is 1.93 bits per heavy atom. The van der Waals surface area contributed by atoms with Gasteiger partial charge in [-0.1, -0.05) is 0 Å². The van der Waals surface area contributed by atoms with Crippen molar-refractivity contribution >= 4 is 0 Å². The lowest BCUT2D eigenvalue weighted by atomic mass is 9.95. The first kappa shape index (κ1) is 12.9. The maximum absolute atomic E-state index is 5.58. The molecule has 1 atom stereocenters. The van der Waals surface area contributed by atoms with Crippen LogP contribution in [0.2, 0.25) is 0 Å². The van der Waals surface area contributed by atoms with Crippen LogP contribution in [-0.4, -0.2) is 44.5 Å². The zero-order valence-electron chi connectivity index (χ0n) is 10.4. The van der Waals surface area contributed by atoms with E-state index in [0.29, 0.717) is 0 Å². The Morgan fingerprint density at radius 1 is 1.27 bits per heavy atom. The predicted molar refractivity (Wildman–Crippen MR) is 61.9 cm³/mol. The van der Waals surface area contributed by atoms with E-state index in [1.54, 1.807) is 0 Å². The van der Waals surface area contributed by atoms with Gasteiger partial charge in [0.15, 0.2) is 6.29 Å². The first-order chi connectivity index (χ1) is 7.26. The molecule has 0 bridgehead atoms. The molecular formula is C12H25NO2. The molecule has 0 spiro atoms. The van der Waals surface area contributed by atoms with Crippen molar-refractivity contribution in [1.82, 2.24) is 4.90 Å². The second-order valence-electron chi connectivity index (χ2n) is 4.35. The normalized spacial score (nSPS) is 23.6. The molecule has 0 aromatic heterocycles. The fourth-order valence-corrected chi connectivity index (χ4v) is 2.29. The minimum atomic E-state index is 0.0106. The molecule has 0 amide bonds. The number of piperidine rings is 1. The van der Waals surface area contributed by atoms with Gasteiger partial charge in [0.05, 0.1) is 0 Å². The summed E-state index contributed by atoms with van der Waals surface area (Å²) in [4.78, 5) is 2.41. The number of rotatable bonds is 6. The van der Waals surface area contributed by atoms with E-state index in [0.717, 1.165) is 25.6 Å². The summed E-state index contributed by atoms with van der Waals surface area (Å²) in [6, 6.07) is 0. The van der Waals surface area contributed by atoms with E-state index >= 15 is 0 Å². The Balaban J connectivity index is 2.28. The Hall–Kier alpha value is -0.120. The summed E-state index contributed by atoms with van der Waals surface area (Å²) in [5.74, 6) is 0.742. The lowest BCUT2D eigenvalue weighted by Crippen LogP contribution is -2.34. The molecule has 90 valence electrons. The van der Waals surface area contributed by atoms with Crippen LogP contribution >= 0.6 is 0 Å². The van der Waals surface area contributed by atoms with Gasteiger partial charge in [0.25, 0.3) is 0 Å². The Labute approximate surface area is 93.7 Å². The van der Waals surface area contributed by atoms with Gasteiger partial charge in [-0.25, -0.2) is 0 Å². The molecule has 1 unspecified atom stereocenters. The van der Waals surface area contributed by atoms with E-state index in [1.165, 1.54) is 25.9 Å². The molecule has 1 rings (SSSR count). The van der Waals surface area contributed by atoms with Gasteiger partial charge in [-0.15, -0.1) is 0 Å². The number of likely N-dealkylation sites (tertiary alicyclic amines) is 1. The van der Waals surface area contributed by atoms with E-state index in [2.05, 4.69) is 11.9 Å². The summed E-state index contributed by atoms with van der Waals surface area (Å²) in [6.07, 6.45) is 3.69. The minimum absolute atomic E-state index is 0.0106. The second kappa shape index (κ2) is 7.20. The molecule has 0 radical (unpaired) electrons. The van der Waals surface area contributed by atoms with Gasteiger partial charge >= 0.3 is 0 Å². The van der Waals surface area contributed by atoms with Gasteiger partial charge in [0.1, 0.15) is 0 Å². The van der Waals surface area contributed by atoms with E-state index in [1.807, 2.05) is 13.8 Å². The summed E-state index contributed by atoms with van der Waals surface area (Å²) < 4.78 is 11.2. The third-order valence-corrected chi connectivity index (χ3v) is 2.95. The van der Waals surface area contributed by atoms with Crippen molar-refractivity contribution in [2.45, 2.75) is 39.4 Å². The molecule has 1 fully saturated rings. The lowest BCUT2D eigenvalue weighted by Gasteiger charge is -2.31. The van der Waals surface area contributed by atoms with Crippen molar-refractivity contribution in [3.63, 3.8) is 0 Å².